The fourth-order valence-electron chi connectivity index (χ4n) is 0.940. The van der Waals surface area contributed by atoms with Crippen molar-refractivity contribution in [2.45, 2.75) is 13.8 Å². The Labute approximate surface area is 95.2 Å². The first kappa shape index (κ1) is 12.4. The number of hydrogen-bond donors (Lipinski definition) is 0. The Morgan fingerprint density at radius 1 is 0.615 bits per heavy atom. The minimum absolute atomic E-state index is 0. The summed E-state index contributed by atoms with van der Waals surface area (Å²) >= 11 is 0. The first-order chi connectivity index (χ1) is 5.79. The first-order valence-electron chi connectivity index (χ1n) is 4.15. The molecule has 1 heteroatoms. The molecule has 2 aromatic carbocycles. The van der Waals surface area contributed by atoms with Gasteiger partial charge in [-0.2, -0.15) is 35.4 Å². The maximum atomic E-state index is 2.08. The van der Waals surface area contributed by atoms with Crippen molar-refractivity contribution in [3.05, 3.63) is 59.7 Å². The predicted octanol–water partition coefficient (Wildman–Crippen LogP) is 3.43. The van der Waals surface area contributed by atoms with Crippen LogP contribution < -0.4 is 0 Å². The Bertz CT molecular complexity index is 245. The van der Waals surface area contributed by atoms with Crippen LogP contribution in [0.4, 0.5) is 0 Å². The molecule has 0 heterocycles. The molecule has 0 aromatic heterocycles. The first-order valence-corrected chi connectivity index (χ1v) is 4.15. The molecule has 0 bridgehead atoms. The second-order valence-corrected chi connectivity index (χ2v) is 2.92. The van der Waals surface area contributed by atoms with E-state index in [2.05, 4.69) is 38.1 Å². The van der Waals surface area contributed by atoms with E-state index < -0.39 is 0 Å². The summed E-state index contributed by atoms with van der Waals surface area (Å²) in [5.41, 5.74) is 2.69. The topological polar surface area (TPSA) is 0 Å². The van der Waals surface area contributed by atoms with Gasteiger partial charge >= 0.3 is 21.7 Å². The average molecular weight is 206 g/mol. The molecule has 13 heavy (non-hydrogen) atoms. The van der Waals surface area contributed by atoms with E-state index in [1.165, 1.54) is 11.1 Å². The van der Waals surface area contributed by atoms with Gasteiger partial charge in [-0.3, -0.25) is 0 Å². The monoisotopic (exact) mass is 206 g/mol. The van der Waals surface area contributed by atoms with E-state index in [1.807, 2.05) is 24.3 Å². The summed E-state index contributed by atoms with van der Waals surface area (Å²) in [6.45, 7) is 4.17. The van der Waals surface area contributed by atoms with Crippen LogP contribution in [0.2, 0.25) is 0 Å². The number of rotatable bonds is 0. The van der Waals surface area contributed by atoms with Crippen LogP contribution in [0.15, 0.2) is 48.5 Å². The zero-order chi connectivity index (χ0) is 8.81. The molecular formula is C12H14Ti. The van der Waals surface area contributed by atoms with Crippen molar-refractivity contribution in [2.24, 2.45) is 0 Å². The Morgan fingerprint density at radius 2 is 0.846 bits per heavy atom. The molecule has 0 atom stereocenters. The third-order valence-electron chi connectivity index (χ3n) is 1.66. The summed E-state index contributed by atoms with van der Waals surface area (Å²) in [7, 11) is 0. The molecule has 0 N–H and O–H groups in total. The van der Waals surface area contributed by atoms with Crippen LogP contribution in [0.25, 0.3) is 0 Å². The molecule has 0 amide bonds. The van der Waals surface area contributed by atoms with Crippen LogP contribution in [0, 0.1) is 13.8 Å². The van der Waals surface area contributed by atoms with E-state index >= 15 is 0 Å². The smallest absolute Gasteiger partial charge is 0.213 e. The summed E-state index contributed by atoms with van der Waals surface area (Å²) in [6, 6.07) is 16.5. The van der Waals surface area contributed by atoms with E-state index in [0.29, 0.717) is 0 Å². The molecule has 0 spiro atoms. The predicted molar refractivity (Wildman–Crippen MR) is 53.5 cm³/mol. The molecule has 0 fully saturated rings. The molecule has 66 valence electrons. The van der Waals surface area contributed by atoms with Gasteiger partial charge in [0.1, 0.15) is 0 Å². The Hall–Kier alpha value is -0.586. The maximum Gasteiger partial charge on any atom is 2.00 e. The van der Waals surface area contributed by atoms with Gasteiger partial charge in [0.2, 0.25) is 0 Å². The van der Waals surface area contributed by atoms with Crippen molar-refractivity contribution in [1.29, 1.82) is 0 Å². The van der Waals surface area contributed by atoms with Crippen LogP contribution in [-0.2, 0) is 21.7 Å². The summed E-state index contributed by atoms with van der Waals surface area (Å²) in [4.78, 5) is 0. The minimum atomic E-state index is 0. The van der Waals surface area contributed by atoms with Gasteiger partial charge in [-0.15, -0.1) is 0 Å². The summed E-state index contributed by atoms with van der Waals surface area (Å²) < 4.78 is 0. The summed E-state index contributed by atoms with van der Waals surface area (Å²) in [5, 5.41) is 0. The van der Waals surface area contributed by atoms with Crippen LogP contribution in [0.1, 0.15) is 11.1 Å². The second kappa shape index (κ2) is 6.88. The van der Waals surface area contributed by atoms with Crippen molar-refractivity contribution >= 4 is 0 Å². The van der Waals surface area contributed by atoms with Crippen molar-refractivity contribution in [2.75, 3.05) is 0 Å². The Kier molecular flexibility index (Phi) is 6.57. The SMILES string of the molecule is C[c-]1cccc1.C[c-]1cccc1.[Ti+2]. The molecule has 2 rings (SSSR count). The van der Waals surface area contributed by atoms with Gasteiger partial charge in [-0.05, 0) is 0 Å². The van der Waals surface area contributed by atoms with Gasteiger partial charge in [0.25, 0.3) is 0 Å². The van der Waals surface area contributed by atoms with Crippen molar-refractivity contribution in [3.8, 4) is 0 Å². The molecule has 2 aromatic rings. The molecule has 0 aliphatic rings. The van der Waals surface area contributed by atoms with Crippen LogP contribution in [0.5, 0.6) is 0 Å². The van der Waals surface area contributed by atoms with Gasteiger partial charge in [-0.25, -0.2) is 24.3 Å². The van der Waals surface area contributed by atoms with Gasteiger partial charge in [0.05, 0.1) is 0 Å². The molecule has 0 radical (unpaired) electrons. The van der Waals surface area contributed by atoms with E-state index in [0.717, 1.165) is 0 Å². The van der Waals surface area contributed by atoms with Crippen molar-refractivity contribution < 1.29 is 21.7 Å². The molecule has 0 saturated heterocycles. The van der Waals surface area contributed by atoms with Gasteiger partial charge in [0.15, 0.2) is 0 Å². The molecule has 0 aliphatic carbocycles. The zero-order valence-corrected chi connectivity index (χ0v) is 9.68. The third kappa shape index (κ3) is 5.62. The molecule has 0 nitrogen and oxygen atoms in total. The number of aryl methyl sites for hydroxylation is 2. The van der Waals surface area contributed by atoms with Gasteiger partial charge in [0, 0.05) is 0 Å². The number of hydrogen-bond acceptors (Lipinski definition) is 0. The Balaban J connectivity index is 0.000000206. The quantitative estimate of drug-likeness (QED) is 0.457. The van der Waals surface area contributed by atoms with E-state index in [4.69, 9.17) is 0 Å². The largest absolute Gasteiger partial charge is 2.00 e. The van der Waals surface area contributed by atoms with Gasteiger partial charge < -0.3 is 0 Å². The fraction of sp³-hybridized carbons (Fsp3) is 0.167. The summed E-state index contributed by atoms with van der Waals surface area (Å²) in [5.74, 6) is 0. The fourth-order valence-corrected chi connectivity index (χ4v) is 0.940. The van der Waals surface area contributed by atoms with Crippen LogP contribution in [-0.4, -0.2) is 0 Å². The second-order valence-electron chi connectivity index (χ2n) is 2.92. The van der Waals surface area contributed by atoms with Crippen molar-refractivity contribution in [1.82, 2.24) is 0 Å². The normalized spacial score (nSPS) is 8.15. The van der Waals surface area contributed by atoms with Crippen molar-refractivity contribution in [3.63, 3.8) is 0 Å². The maximum absolute atomic E-state index is 2.08. The Morgan fingerprint density at radius 3 is 0.923 bits per heavy atom. The molecule has 0 unspecified atom stereocenters. The average Bonchev–Trinajstić information content (AvgIpc) is 2.63. The van der Waals surface area contributed by atoms with E-state index in [1.54, 1.807) is 0 Å². The van der Waals surface area contributed by atoms with E-state index in [9.17, 15) is 0 Å². The zero-order valence-electron chi connectivity index (χ0n) is 8.12. The molecular weight excluding hydrogens is 192 g/mol. The van der Waals surface area contributed by atoms with Crippen LogP contribution >= 0.6 is 0 Å². The van der Waals surface area contributed by atoms with Gasteiger partial charge in [-0.1, -0.05) is 13.8 Å². The standard InChI is InChI=1S/2C6H7.Ti/c2*1-6-4-2-3-5-6;/h2*2-5H,1H3;/q2*-1;+2. The van der Waals surface area contributed by atoms with E-state index in [-0.39, 0.29) is 21.7 Å². The van der Waals surface area contributed by atoms with Crippen LogP contribution in [0.3, 0.4) is 0 Å². The summed E-state index contributed by atoms with van der Waals surface area (Å²) in [6.07, 6.45) is 0. The molecule has 0 saturated carbocycles. The third-order valence-corrected chi connectivity index (χ3v) is 1.66. The molecule has 0 aliphatic heterocycles. The minimum Gasteiger partial charge on any atom is -0.213 e.